The van der Waals surface area contributed by atoms with E-state index >= 15 is 0 Å². The van der Waals surface area contributed by atoms with E-state index in [0.717, 1.165) is 10.0 Å². The van der Waals surface area contributed by atoms with E-state index < -0.39 is 0 Å². The van der Waals surface area contributed by atoms with E-state index in [-0.39, 0.29) is 24.2 Å². The second-order valence-electron chi connectivity index (χ2n) is 5.60. The second kappa shape index (κ2) is 8.11. The van der Waals surface area contributed by atoms with Gasteiger partial charge in [0.15, 0.2) is 5.78 Å². The monoisotopic (exact) mass is 389 g/mol. The van der Waals surface area contributed by atoms with Crippen molar-refractivity contribution in [3.8, 4) is 5.75 Å². The molecule has 1 atom stereocenters. The van der Waals surface area contributed by atoms with Crippen LogP contribution in [-0.4, -0.2) is 18.8 Å². The lowest BCUT2D eigenvalue weighted by molar-refractivity contribution is -0.121. The second-order valence-corrected chi connectivity index (χ2v) is 6.52. The molecular formula is C19H20BrNO3. The third kappa shape index (κ3) is 4.68. The van der Waals surface area contributed by atoms with Gasteiger partial charge in [0.05, 0.1) is 19.6 Å². The van der Waals surface area contributed by atoms with Crippen LogP contribution in [0.15, 0.2) is 46.9 Å². The fraction of sp³-hybridized carbons (Fsp3) is 0.263. The number of ketones is 1. The molecule has 1 N–H and O–H groups in total. The van der Waals surface area contributed by atoms with Crippen molar-refractivity contribution in [3.63, 3.8) is 0 Å². The topological polar surface area (TPSA) is 55.4 Å². The van der Waals surface area contributed by atoms with Crippen molar-refractivity contribution in [2.24, 2.45) is 0 Å². The van der Waals surface area contributed by atoms with Gasteiger partial charge in [-0.1, -0.05) is 28.1 Å². The molecule has 126 valence electrons. The van der Waals surface area contributed by atoms with E-state index in [4.69, 9.17) is 4.74 Å². The lowest BCUT2D eigenvalue weighted by Gasteiger charge is -2.16. The van der Waals surface area contributed by atoms with E-state index in [1.165, 1.54) is 6.92 Å². The molecule has 0 fully saturated rings. The maximum Gasteiger partial charge on any atom is 0.225 e. The van der Waals surface area contributed by atoms with Crippen LogP contribution in [0.3, 0.4) is 0 Å². The number of carbonyl (C=O) groups is 2. The van der Waals surface area contributed by atoms with Crippen molar-refractivity contribution >= 4 is 27.6 Å². The van der Waals surface area contributed by atoms with Crippen LogP contribution < -0.4 is 10.1 Å². The SMILES string of the molecule is COc1ccc(C(C)=O)cc1CC(=O)NC(C)c1cccc(Br)c1. The Labute approximate surface area is 150 Å². The van der Waals surface area contributed by atoms with Gasteiger partial charge in [0.25, 0.3) is 0 Å². The van der Waals surface area contributed by atoms with E-state index in [1.807, 2.05) is 31.2 Å². The first-order chi connectivity index (χ1) is 11.4. The molecule has 0 aliphatic rings. The number of hydrogen-bond acceptors (Lipinski definition) is 3. The van der Waals surface area contributed by atoms with Crippen molar-refractivity contribution in [1.82, 2.24) is 5.32 Å². The molecule has 0 heterocycles. The summed E-state index contributed by atoms with van der Waals surface area (Å²) in [7, 11) is 1.55. The minimum atomic E-state index is -0.124. The predicted octanol–water partition coefficient (Wildman–Crippen LogP) is 4.08. The number of benzene rings is 2. The number of methoxy groups -OCH3 is 1. The molecule has 2 rings (SSSR count). The van der Waals surface area contributed by atoms with Gasteiger partial charge in [-0.25, -0.2) is 0 Å². The molecule has 0 radical (unpaired) electrons. The van der Waals surface area contributed by atoms with Crippen LogP contribution in [0.4, 0.5) is 0 Å². The number of halogens is 1. The molecule has 24 heavy (non-hydrogen) atoms. The highest BCUT2D eigenvalue weighted by molar-refractivity contribution is 9.10. The number of amides is 1. The zero-order chi connectivity index (χ0) is 17.7. The van der Waals surface area contributed by atoms with E-state index in [0.29, 0.717) is 16.9 Å². The Morgan fingerprint density at radius 3 is 2.58 bits per heavy atom. The quantitative estimate of drug-likeness (QED) is 0.757. The van der Waals surface area contributed by atoms with Crippen LogP contribution in [0.2, 0.25) is 0 Å². The summed E-state index contributed by atoms with van der Waals surface area (Å²) in [5, 5.41) is 2.97. The minimum absolute atomic E-state index is 0.0400. The highest BCUT2D eigenvalue weighted by Gasteiger charge is 2.14. The Balaban J connectivity index is 2.11. The molecule has 0 saturated carbocycles. The number of Topliss-reactive ketones (excluding diaryl/α,β-unsaturated/α-hetero) is 1. The number of hydrogen-bond donors (Lipinski definition) is 1. The van der Waals surface area contributed by atoms with E-state index in [9.17, 15) is 9.59 Å². The molecule has 0 saturated heterocycles. The number of ether oxygens (including phenoxy) is 1. The minimum Gasteiger partial charge on any atom is -0.496 e. The molecule has 1 unspecified atom stereocenters. The van der Waals surface area contributed by atoms with Gasteiger partial charge in [0, 0.05) is 15.6 Å². The van der Waals surface area contributed by atoms with Gasteiger partial charge in [-0.2, -0.15) is 0 Å². The molecule has 0 spiro atoms. The third-order valence-electron chi connectivity index (χ3n) is 3.76. The van der Waals surface area contributed by atoms with Gasteiger partial charge < -0.3 is 10.1 Å². The number of rotatable bonds is 6. The molecular weight excluding hydrogens is 370 g/mol. The molecule has 1 amide bonds. The molecule has 0 aliphatic heterocycles. The fourth-order valence-electron chi connectivity index (χ4n) is 2.46. The van der Waals surface area contributed by atoms with Gasteiger partial charge in [-0.15, -0.1) is 0 Å². The summed E-state index contributed by atoms with van der Waals surface area (Å²) in [5.74, 6) is 0.438. The maximum absolute atomic E-state index is 12.4. The Bertz CT molecular complexity index is 758. The lowest BCUT2D eigenvalue weighted by Crippen LogP contribution is -2.28. The van der Waals surface area contributed by atoms with Crippen LogP contribution in [0.25, 0.3) is 0 Å². The predicted molar refractivity (Wildman–Crippen MR) is 97.4 cm³/mol. The first-order valence-corrected chi connectivity index (χ1v) is 8.42. The Morgan fingerprint density at radius 2 is 1.96 bits per heavy atom. The zero-order valence-corrected chi connectivity index (χ0v) is 15.5. The Morgan fingerprint density at radius 1 is 1.21 bits per heavy atom. The van der Waals surface area contributed by atoms with Crippen LogP contribution in [0.5, 0.6) is 5.75 Å². The van der Waals surface area contributed by atoms with Crippen molar-refractivity contribution < 1.29 is 14.3 Å². The summed E-state index contributed by atoms with van der Waals surface area (Å²) >= 11 is 3.43. The van der Waals surface area contributed by atoms with Crippen LogP contribution in [-0.2, 0) is 11.2 Å². The van der Waals surface area contributed by atoms with Crippen LogP contribution >= 0.6 is 15.9 Å². The van der Waals surface area contributed by atoms with Gasteiger partial charge in [0.1, 0.15) is 5.75 Å². The summed E-state index contributed by atoms with van der Waals surface area (Å²) in [6.45, 7) is 3.43. The maximum atomic E-state index is 12.4. The summed E-state index contributed by atoms with van der Waals surface area (Å²) in [6, 6.07) is 12.8. The molecule has 2 aromatic carbocycles. The first-order valence-electron chi connectivity index (χ1n) is 7.63. The molecule has 0 aromatic heterocycles. The summed E-state index contributed by atoms with van der Waals surface area (Å²) < 4.78 is 6.26. The number of carbonyl (C=O) groups excluding carboxylic acids is 2. The normalized spacial score (nSPS) is 11.7. The van der Waals surface area contributed by atoms with Crippen molar-refractivity contribution in [3.05, 3.63) is 63.6 Å². The van der Waals surface area contributed by atoms with Crippen LogP contribution in [0, 0.1) is 0 Å². The lowest BCUT2D eigenvalue weighted by atomic mass is 10.0. The fourth-order valence-corrected chi connectivity index (χ4v) is 2.88. The molecule has 5 heteroatoms. The number of nitrogens with one attached hydrogen (secondary N) is 1. The van der Waals surface area contributed by atoms with Crippen molar-refractivity contribution in [2.75, 3.05) is 7.11 Å². The van der Waals surface area contributed by atoms with Gasteiger partial charge >= 0.3 is 0 Å². The van der Waals surface area contributed by atoms with E-state index in [2.05, 4.69) is 21.2 Å². The zero-order valence-electron chi connectivity index (χ0n) is 13.9. The van der Waals surface area contributed by atoms with Gasteiger partial charge in [-0.05, 0) is 49.7 Å². The Hall–Kier alpha value is -2.14. The van der Waals surface area contributed by atoms with Crippen molar-refractivity contribution in [1.29, 1.82) is 0 Å². The van der Waals surface area contributed by atoms with Gasteiger partial charge in [0.2, 0.25) is 5.91 Å². The smallest absolute Gasteiger partial charge is 0.225 e. The Kier molecular flexibility index (Phi) is 6.15. The standard InChI is InChI=1S/C19H20BrNO3/c1-12(14-5-4-6-17(20)10-14)21-19(23)11-16-9-15(13(2)22)7-8-18(16)24-3/h4-10,12H,11H2,1-3H3,(H,21,23). The van der Waals surface area contributed by atoms with E-state index in [1.54, 1.807) is 25.3 Å². The third-order valence-corrected chi connectivity index (χ3v) is 4.26. The van der Waals surface area contributed by atoms with Crippen LogP contribution in [0.1, 0.15) is 41.4 Å². The highest BCUT2D eigenvalue weighted by Crippen LogP contribution is 2.22. The molecule has 0 aliphatic carbocycles. The summed E-state index contributed by atoms with van der Waals surface area (Å²) in [4.78, 5) is 23.9. The molecule has 2 aromatic rings. The highest BCUT2D eigenvalue weighted by atomic mass is 79.9. The average Bonchev–Trinajstić information content (AvgIpc) is 2.54. The summed E-state index contributed by atoms with van der Waals surface area (Å²) in [5.41, 5.74) is 2.28. The first kappa shape index (κ1) is 18.2. The largest absolute Gasteiger partial charge is 0.496 e. The van der Waals surface area contributed by atoms with Gasteiger partial charge in [-0.3, -0.25) is 9.59 Å². The van der Waals surface area contributed by atoms with Crippen molar-refractivity contribution in [2.45, 2.75) is 26.3 Å². The molecule has 4 nitrogen and oxygen atoms in total. The average molecular weight is 390 g/mol. The molecule has 0 bridgehead atoms. The summed E-state index contributed by atoms with van der Waals surface area (Å²) in [6.07, 6.45) is 0.155.